The normalized spacial score (nSPS) is 11.3. The first kappa shape index (κ1) is 21.9. The van der Waals surface area contributed by atoms with Crippen LogP contribution in [-0.2, 0) is 6.61 Å². The Hall–Kier alpha value is -5.37. The van der Waals surface area contributed by atoms with E-state index >= 15 is 0 Å². The molecule has 0 bridgehead atoms. The average molecular weight is 496 g/mol. The SMILES string of the molecule is c1ccc(COc2cncc(-c3cnc4[nH]nc(-c5cc6c(-c7cccnc7)ccnc6[nH]5)c4c3)c2)cc1. The van der Waals surface area contributed by atoms with E-state index in [2.05, 4.69) is 47.2 Å². The summed E-state index contributed by atoms with van der Waals surface area (Å²) in [5, 5.41) is 9.53. The average Bonchev–Trinajstić information content (AvgIpc) is 3.61. The molecule has 1 aromatic carbocycles. The third-order valence-electron chi connectivity index (χ3n) is 6.47. The van der Waals surface area contributed by atoms with Crippen molar-refractivity contribution in [2.24, 2.45) is 0 Å². The molecule has 6 aromatic heterocycles. The van der Waals surface area contributed by atoms with Crippen molar-refractivity contribution in [3.8, 4) is 39.4 Å². The molecule has 0 aliphatic heterocycles. The molecule has 0 saturated heterocycles. The number of hydrogen-bond donors (Lipinski definition) is 2. The number of rotatable bonds is 6. The quantitative estimate of drug-likeness (QED) is 0.284. The van der Waals surface area contributed by atoms with Crippen LogP contribution in [0.15, 0.2) is 104 Å². The standard InChI is InChI=1S/C30H21N7O/c1-2-5-19(6-3-1)18-38-23-11-21(15-32-17-23)22-12-26-28(36-37-30(26)34-16-22)27-13-25-24(8-10-33-29(25)35-27)20-7-4-9-31-14-20/h1-17H,18H2,(H,33,35)(H,34,36,37). The van der Waals surface area contributed by atoms with Crippen LogP contribution in [0, 0.1) is 0 Å². The summed E-state index contributed by atoms with van der Waals surface area (Å²) in [4.78, 5) is 21.2. The lowest BCUT2D eigenvalue weighted by Gasteiger charge is -2.08. The summed E-state index contributed by atoms with van der Waals surface area (Å²) in [5.41, 5.74) is 8.13. The number of benzene rings is 1. The molecule has 0 amide bonds. The summed E-state index contributed by atoms with van der Waals surface area (Å²) < 4.78 is 5.98. The highest BCUT2D eigenvalue weighted by molar-refractivity contribution is 5.99. The Morgan fingerprint density at radius 1 is 0.684 bits per heavy atom. The van der Waals surface area contributed by atoms with Gasteiger partial charge in [-0.25, -0.2) is 9.97 Å². The number of hydrogen-bond acceptors (Lipinski definition) is 6. The first-order chi connectivity index (χ1) is 18.8. The lowest BCUT2D eigenvalue weighted by molar-refractivity contribution is 0.305. The van der Waals surface area contributed by atoms with Crippen molar-refractivity contribution < 1.29 is 4.74 Å². The number of nitrogens with zero attached hydrogens (tertiary/aromatic N) is 5. The minimum atomic E-state index is 0.477. The van der Waals surface area contributed by atoms with E-state index in [9.17, 15) is 0 Å². The van der Waals surface area contributed by atoms with Gasteiger partial charge in [0.2, 0.25) is 0 Å². The van der Waals surface area contributed by atoms with Gasteiger partial charge in [-0.1, -0.05) is 36.4 Å². The second-order valence-electron chi connectivity index (χ2n) is 8.92. The zero-order valence-electron chi connectivity index (χ0n) is 20.2. The molecule has 0 fully saturated rings. The van der Waals surface area contributed by atoms with Crippen LogP contribution in [0.5, 0.6) is 5.75 Å². The van der Waals surface area contributed by atoms with Gasteiger partial charge in [0.15, 0.2) is 5.65 Å². The van der Waals surface area contributed by atoms with Crippen molar-refractivity contribution in [1.82, 2.24) is 35.1 Å². The van der Waals surface area contributed by atoms with Crippen molar-refractivity contribution >= 4 is 22.1 Å². The molecule has 7 aromatic rings. The number of aromatic nitrogens is 7. The molecule has 38 heavy (non-hydrogen) atoms. The number of nitrogens with one attached hydrogen (secondary N) is 2. The Kier molecular flexibility index (Phi) is 5.33. The molecular weight excluding hydrogens is 474 g/mol. The Balaban J connectivity index is 1.24. The lowest BCUT2D eigenvalue weighted by atomic mass is 10.1. The number of pyridine rings is 4. The zero-order valence-corrected chi connectivity index (χ0v) is 20.2. The van der Waals surface area contributed by atoms with Crippen LogP contribution in [0.25, 0.3) is 55.7 Å². The molecule has 0 atom stereocenters. The highest BCUT2D eigenvalue weighted by Crippen LogP contribution is 2.34. The Morgan fingerprint density at radius 2 is 1.58 bits per heavy atom. The summed E-state index contributed by atoms with van der Waals surface area (Å²) in [6.07, 6.45) is 10.8. The first-order valence-corrected chi connectivity index (χ1v) is 12.2. The van der Waals surface area contributed by atoms with E-state index < -0.39 is 0 Å². The van der Waals surface area contributed by atoms with Crippen molar-refractivity contribution in [2.75, 3.05) is 0 Å². The van der Waals surface area contributed by atoms with Crippen LogP contribution in [0.1, 0.15) is 5.56 Å². The van der Waals surface area contributed by atoms with E-state index in [4.69, 9.17) is 4.74 Å². The fourth-order valence-electron chi connectivity index (χ4n) is 4.59. The van der Waals surface area contributed by atoms with E-state index in [1.165, 1.54) is 0 Å². The van der Waals surface area contributed by atoms with Gasteiger partial charge in [-0.15, -0.1) is 0 Å². The topological polar surface area (TPSA) is 105 Å². The minimum absolute atomic E-state index is 0.477. The minimum Gasteiger partial charge on any atom is -0.487 e. The zero-order chi connectivity index (χ0) is 25.3. The molecule has 0 radical (unpaired) electrons. The molecule has 8 nitrogen and oxygen atoms in total. The lowest BCUT2D eigenvalue weighted by Crippen LogP contribution is -1.96. The van der Waals surface area contributed by atoms with Gasteiger partial charge in [-0.2, -0.15) is 5.10 Å². The van der Waals surface area contributed by atoms with Gasteiger partial charge in [0.25, 0.3) is 0 Å². The van der Waals surface area contributed by atoms with E-state index in [-0.39, 0.29) is 0 Å². The van der Waals surface area contributed by atoms with Gasteiger partial charge >= 0.3 is 0 Å². The van der Waals surface area contributed by atoms with Crippen LogP contribution in [0.4, 0.5) is 0 Å². The number of aromatic amines is 2. The van der Waals surface area contributed by atoms with Gasteiger partial charge in [0.1, 0.15) is 23.7 Å². The largest absolute Gasteiger partial charge is 0.487 e. The van der Waals surface area contributed by atoms with E-state index in [1.54, 1.807) is 18.6 Å². The van der Waals surface area contributed by atoms with Crippen LogP contribution in [0.3, 0.4) is 0 Å². The predicted octanol–water partition coefficient (Wildman–Crippen LogP) is 6.20. The highest BCUT2D eigenvalue weighted by atomic mass is 16.5. The summed E-state index contributed by atoms with van der Waals surface area (Å²) >= 11 is 0. The molecule has 0 saturated carbocycles. The monoisotopic (exact) mass is 495 g/mol. The van der Waals surface area contributed by atoms with Crippen LogP contribution in [0.2, 0.25) is 0 Å². The summed E-state index contributed by atoms with van der Waals surface area (Å²) in [5.74, 6) is 0.698. The summed E-state index contributed by atoms with van der Waals surface area (Å²) in [6.45, 7) is 0.477. The van der Waals surface area contributed by atoms with Crippen LogP contribution >= 0.6 is 0 Å². The Bertz CT molecular complexity index is 1880. The Labute approximate surface area is 217 Å². The molecular formula is C30H21N7O. The maximum absolute atomic E-state index is 5.98. The summed E-state index contributed by atoms with van der Waals surface area (Å²) in [6, 6.07) is 22.2. The molecule has 8 heteroatoms. The third-order valence-corrected chi connectivity index (χ3v) is 6.47. The fourth-order valence-corrected chi connectivity index (χ4v) is 4.59. The van der Waals surface area contributed by atoms with Gasteiger partial charge in [-0.05, 0) is 41.5 Å². The maximum Gasteiger partial charge on any atom is 0.155 e. The van der Waals surface area contributed by atoms with Crippen molar-refractivity contribution in [1.29, 1.82) is 0 Å². The van der Waals surface area contributed by atoms with E-state index in [1.807, 2.05) is 73.2 Å². The number of ether oxygens (including phenoxy) is 1. The molecule has 2 N–H and O–H groups in total. The van der Waals surface area contributed by atoms with Gasteiger partial charge in [0.05, 0.1) is 11.9 Å². The molecule has 0 unspecified atom stereocenters. The fraction of sp³-hybridized carbons (Fsp3) is 0.0333. The number of H-pyrrole nitrogens is 2. The predicted molar refractivity (Wildman–Crippen MR) is 146 cm³/mol. The van der Waals surface area contributed by atoms with Gasteiger partial charge < -0.3 is 9.72 Å². The third kappa shape index (κ3) is 4.04. The van der Waals surface area contributed by atoms with E-state index in [0.717, 1.165) is 55.6 Å². The number of fused-ring (bicyclic) bond motifs is 2. The van der Waals surface area contributed by atoms with Crippen LogP contribution in [-0.4, -0.2) is 35.1 Å². The second-order valence-corrected chi connectivity index (χ2v) is 8.92. The molecule has 7 rings (SSSR count). The second kappa shape index (κ2) is 9.25. The van der Waals surface area contributed by atoms with Gasteiger partial charge in [0, 0.05) is 58.4 Å². The molecule has 182 valence electrons. The van der Waals surface area contributed by atoms with Gasteiger partial charge in [-0.3, -0.25) is 15.1 Å². The molecule has 0 spiro atoms. The van der Waals surface area contributed by atoms with Crippen molar-refractivity contribution in [3.63, 3.8) is 0 Å². The molecule has 6 heterocycles. The van der Waals surface area contributed by atoms with Crippen molar-refractivity contribution in [3.05, 3.63) is 109 Å². The van der Waals surface area contributed by atoms with Crippen molar-refractivity contribution in [2.45, 2.75) is 6.61 Å². The molecule has 0 aliphatic carbocycles. The van der Waals surface area contributed by atoms with E-state index in [0.29, 0.717) is 18.0 Å². The maximum atomic E-state index is 5.98. The highest BCUT2D eigenvalue weighted by Gasteiger charge is 2.16. The molecule has 0 aliphatic rings. The first-order valence-electron chi connectivity index (χ1n) is 12.2. The smallest absolute Gasteiger partial charge is 0.155 e. The Morgan fingerprint density at radius 3 is 2.47 bits per heavy atom. The summed E-state index contributed by atoms with van der Waals surface area (Å²) in [7, 11) is 0. The van der Waals surface area contributed by atoms with Crippen LogP contribution < -0.4 is 4.74 Å².